The Hall–Kier alpha value is -2.83. The molecule has 128 valence electrons. The smallest absolute Gasteiger partial charge is 0.328 e. The van der Waals surface area contributed by atoms with Crippen molar-refractivity contribution in [3.8, 4) is 0 Å². The van der Waals surface area contributed by atoms with Crippen molar-refractivity contribution in [2.45, 2.75) is 25.3 Å². The number of hydrogen-bond donors (Lipinski definition) is 2. The highest BCUT2D eigenvalue weighted by Crippen LogP contribution is 2.18. The first-order valence-corrected chi connectivity index (χ1v) is 7.54. The third-order valence-electron chi connectivity index (χ3n) is 3.71. The number of methoxy groups -OCH3 is 2. The van der Waals surface area contributed by atoms with Crippen molar-refractivity contribution < 1.29 is 23.9 Å². The van der Waals surface area contributed by atoms with Gasteiger partial charge in [0, 0.05) is 23.5 Å². The van der Waals surface area contributed by atoms with E-state index in [1.165, 1.54) is 14.2 Å². The average molecular weight is 338 g/mol. The van der Waals surface area contributed by atoms with Gasteiger partial charge in [-0.05, 0) is 18.1 Å². The van der Waals surface area contributed by atoms with Crippen LogP contribution in [0, 0.1) is 0 Å². The number of carbonyl (C=O) groups excluding carboxylic acids is 3. The standard InChI is InChI=1S/C17H20N2O5/c1-23-16(21)8-7-14(17(22)24-2)19-15(20)9-11-10-18-13-6-4-3-5-12(11)13/h3-6,10,14,18H,7-9H2,1-2H3,(H,19,20)/t14-/m0/s1/i3+1,4+1,5+1,6+1,12+1,13+1. The summed E-state index contributed by atoms with van der Waals surface area (Å²) in [6.07, 6.45) is 2.03. The second kappa shape index (κ2) is 8.14. The van der Waals surface area contributed by atoms with Crippen LogP contribution in [0.5, 0.6) is 0 Å². The van der Waals surface area contributed by atoms with E-state index in [4.69, 9.17) is 0 Å². The lowest BCUT2D eigenvalue weighted by Crippen LogP contribution is -2.42. The first-order valence-electron chi connectivity index (χ1n) is 7.54. The maximum absolute atomic E-state index is 12.3. The summed E-state index contributed by atoms with van der Waals surface area (Å²) in [5, 5.41) is 3.57. The zero-order valence-corrected chi connectivity index (χ0v) is 13.6. The highest BCUT2D eigenvalue weighted by atomic mass is 16.5. The molecule has 1 amide bonds. The summed E-state index contributed by atoms with van der Waals surface area (Å²) in [5.74, 6) is -1.36. The summed E-state index contributed by atoms with van der Waals surface area (Å²) in [7, 11) is 2.50. The van der Waals surface area contributed by atoms with Gasteiger partial charge in [0.2, 0.25) is 5.91 Å². The van der Waals surface area contributed by atoms with Crippen molar-refractivity contribution >= 4 is 28.7 Å². The van der Waals surface area contributed by atoms with Crippen LogP contribution in [0.1, 0.15) is 18.4 Å². The van der Waals surface area contributed by atoms with Gasteiger partial charge in [-0.25, -0.2) is 4.79 Å². The Kier molecular flexibility index (Phi) is 5.95. The fraction of sp³-hybridized carbons (Fsp3) is 0.353. The topological polar surface area (TPSA) is 97.5 Å². The Morgan fingerprint density at radius 2 is 1.92 bits per heavy atom. The van der Waals surface area contributed by atoms with Crippen molar-refractivity contribution in [1.82, 2.24) is 10.3 Å². The third-order valence-corrected chi connectivity index (χ3v) is 3.71. The van der Waals surface area contributed by atoms with Crippen LogP contribution in [0.2, 0.25) is 0 Å². The van der Waals surface area contributed by atoms with Crippen molar-refractivity contribution in [3.05, 3.63) is 36.0 Å². The number of carbonyl (C=O) groups is 3. The number of esters is 2. The Morgan fingerprint density at radius 1 is 1.17 bits per heavy atom. The summed E-state index contributed by atoms with van der Waals surface area (Å²) in [5.41, 5.74) is 1.77. The molecular formula is C17H20N2O5. The predicted molar refractivity (Wildman–Crippen MR) is 87.2 cm³/mol. The lowest BCUT2D eigenvalue weighted by Gasteiger charge is -2.15. The van der Waals surface area contributed by atoms with E-state index in [0.717, 1.165) is 16.5 Å². The second-order valence-electron chi connectivity index (χ2n) is 5.29. The number of hydrogen-bond acceptors (Lipinski definition) is 5. The Morgan fingerprint density at radius 3 is 2.62 bits per heavy atom. The fourth-order valence-corrected chi connectivity index (χ4v) is 2.45. The Bertz CT molecular complexity index is 737. The van der Waals surface area contributed by atoms with Crippen molar-refractivity contribution in [1.29, 1.82) is 0 Å². The van der Waals surface area contributed by atoms with Gasteiger partial charge in [-0.3, -0.25) is 9.59 Å². The van der Waals surface area contributed by atoms with Crippen LogP contribution in [-0.4, -0.2) is 43.1 Å². The molecular weight excluding hydrogens is 318 g/mol. The van der Waals surface area contributed by atoms with Gasteiger partial charge < -0.3 is 19.8 Å². The van der Waals surface area contributed by atoms with Gasteiger partial charge in [-0.15, -0.1) is 0 Å². The molecule has 1 heterocycles. The molecule has 1 atom stereocenters. The number of ether oxygens (including phenoxy) is 2. The van der Waals surface area contributed by atoms with Gasteiger partial charge in [-0.2, -0.15) is 0 Å². The van der Waals surface area contributed by atoms with Crippen molar-refractivity contribution in [3.63, 3.8) is 0 Å². The van der Waals surface area contributed by atoms with Gasteiger partial charge in [-0.1, -0.05) is 18.2 Å². The van der Waals surface area contributed by atoms with Crippen molar-refractivity contribution in [2.24, 2.45) is 0 Å². The number of fused-ring (bicyclic) bond motifs is 1. The molecule has 0 fully saturated rings. The SMILES string of the molecule is COC(=O)CC[C@H](NC(=O)Cc1c[nH][13c]2[13cH][13cH][13cH][13cH][13c]12)C(=O)OC. The van der Waals surface area contributed by atoms with Crippen LogP contribution in [-0.2, 0) is 30.3 Å². The molecule has 1 aromatic carbocycles. The van der Waals surface area contributed by atoms with E-state index < -0.39 is 18.0 Å². The van der Waals surface area contributed by atoms with E-state index in [-0.39, 0.29) is 25.2 Å². The van der Waals surface area contributed by atoms with Crippen LogP contribution in [0.15, 0.2) is 30.5 Å². The molecule has 0 aliphatic rings. The summed E-state index contributed by atoms with van der Waals surface area (Å²) in [6, 6.07) is 6.76. The molecule has 2 rings (SSSR count). The molecule has 0 unspecified atom stereocenters. The first kappa shape index (κ1) is 17.5. The summed E-state index contributed by atoms with van der Waals surface area (Å²) >= 11 is 0. The van der Waals surface area contributed by atoms with Crippen LogP contribution >= 0.6 is 0 Å². The number of para-hydroxylation sites is 1. The number of nitrogens with one attached hydrogen (secondary N) is 2. The van der Waals surface area contributed by atoms with Gasteiger partial charge in [0.15, 0.2) is 0 Å². The number of amides is 1. The van der Waals surface area contributed by atoms with Crippen LogP contribution in [0.4, 0.5) is 0 Å². The van der Waals surface area contributed by atoms with Gasteiger partial charge >= 0.3 is 11.9 Å². The number of aromatic amines is 1. The van der Waals surface area contributed by atoms with Crippen LogP contribution < -0.4 is 5.32 Å². The largest absolute Gasteiger partial charge is 0.469 e. The molecule has 2 N–H and O–H groups in total. The van der Waals surface area contributed by atoms with Crippen molar-refractivity contribution in [2.75, 3.05) is 14.2 Å². The van der Waals surface area contributed by atoms with Crippen LogP contribution in [0.3, 0.4) is 0 Å². The molecule has 7 heteroatoms. The number of rotatable bonds is 7. The fourth-order valence-electron chi connectivity index (χ4n) is 2.45. The molecule has 0 saturated heterocycles. The zero-order chi connectivity index (χ0) is 17.5. The highest BCUT2D eigenvalue weighted by molar-refractivity contribution is 5.90. The summed E-state index contributed by atoms with van der Waals surface area (Å²) in [4.78, 5) is 38.3. The molecule has 1 aromatic heterocycles. The Balaban J connectivity index is 2.01. The normalized spacial score (nSPS) is 11.8. The molecule has 0 saturated carbocycles. The molecule has 0 bridgehead atoms. The van der Waals surface area contributed by atoms with E-state index in [9.17, 15) is 14.4 Å². The minimum absolute atomic E-state index is 0.0175. The Labute approximate surface area is 139 Å². The van der Waals surface area contributed by atoms with E-state index in [1.807, 2.05) is 24.3 Å². The van der Waals surface area contributed by atoms with Crippen LogP contribution in [0.25, 0.3) is 10.9 Å². The van der Waals surface area contributed by atoms with E-state index in [2.05, 4.69) is 19.8 Å². The summed E-state index contributed by atoms with van der Waals surface area (Å²) in [6.45, 7) is 0. The molecule has 0 spiro atoms. The third kappa shape index (κ3) is 4.34. The second-order valence-corrected chi connectivity index (χ2v) is 5.29. The number of benzene rings is 1. The number of H-pyrrole nitrogens is 1. The highest BCUT2D eigenvalue weighted by Gasteiger charge is 2.23. The average Bonchev–Trinajstić information content (AvgIpc) is 3.00. The number of aromatic nitrogens is 1. The van der Waals surface area contributed by atoms with E-state index in [0.29, 0.717) is 0 Å². The molecule has 24 heavy (non-hydrogen) atoms. The first-order chi connectivity index (χ1) is 11.5. The lowest BCUT2D eigenvalue weighted by atomic mass is 10.1. The quantitative estimate of drug-likeness (QED) is 0.742. The molecule has 0 aliphatic heterocycles. The minimum atomic E-state index is -0.883. The molecule has 0 aliphatic carbocycles. The van der Waals surface area contributed by atoms with Gasteiger partial charge in [0.25, 0.3) is 0 Å². The van der Waals surface area contributed by atoms with E-state index in [1.54, 1.807) is 6.20 Å². The van der Waals surface area contributed by atoms with E-state index >= 15 is 0 Å². The van der Waals surface area contributed by atoms with Gasteiger partial charge in [0.1, 0.15) is 6.04 Å². The predicted octanol–water partition coefficient (Wildman–Crippen LogP) is 1.32. The molecule has 7 nitrogen and oxygen atoms in total. The zero-order valence-electron chi connectivity index (χ0n) is 13.6. The lowest BCUT2D eigenvalue weighted by molar-refractivity contribution is -0.146. The molecule has 0 radical (unpaired) electrons. The minimum Gasteiger partial charge on any atom is -0.469 e. The maximum atomic E-state index is 12.3. The summed E-state index contributed by atoms with van der Waals surface area (Å²) < 4.78 is 9.22. The maximum Gasteiger partial charge on any atom is 0.328 e. The molecule has 2 aromatic rings. The van der Waals surface area contributed by atoms with Gasteiger partial charge in [0.05, 0.1) is 20.6 Å². The monoisotopic (exact) mass is 338 g/mol.